The van der Waals surface area contributed by atoms with E-state index in [4.69, 9.17) is 4.42 Å². The van der Waals surface area contributed by atoms with Crippen LogP contribution in [0.2, 0.25) is 0 Å². The fourth-order valence-electron chi connectivity index (χ4n) is 2.25. The van der Waals surface area contributed by atoms with Crippen molar-refractivity contribution in [3.8, 4) is 0 Å². The highest BCUT2D eigenvalue weighted by Gasteiger charge is 2.19. The lowest BCUT2D eigenvalue weighted by Gasteiger charge is -2.07. The van der Waals surface area contributed by atoms with Crippen molar-refractivity contribution < 1.29 is 14.0 Å². The van der Waals surface area contributed by atoms with E-state index in [2.05, 4.69) is 38.3 Å². The monoisotopic (exact) mass is 450 g/mol. The lowest BCUT2D eigenvalue weighted by molar-refractivity contribution is 0.0943. The summed E-state index contributed by atoms with van der Waals surface area (Å²) < 4.78 is 7.48. The van der Waals surface area contributed by atoms with Crippen LogP contribution in [0.1, 0.15) is 26.6 Å². The average molecular weight is 450 g/mol. The second kappa shape index (κ2) is 7.51. The van der Waals surface area contributed by atoms with Crippen LogP contribution >= 0.6 is 22.6 Å². The van der Waals surface area contributed by atoms with Crippen LogP contribution in [0.15, 0.2) is 53.3 Å². The van der Waals surface area contributed by atoms with Gasteiger partial charge in [-0.2, -0.15) is 5.10 Å². The fraction of sp³-hybridized carbons (Fsp3) is 0.118. The van der Waals surface area contributed by atoms with Crippen LogP contribution in [-0.2, 0) is 13.6 Å². The number of benzene rings is 1. The predicted octanol–water partition coefficient (Wildman–Crippen LogP) is 2.80. The zero-order chi connectivity index (χ0) is 17.8. The van der Waals surface area contributed by atoms with E-state index in [1.807, 2.05) is 12.1 Å². The van der Waals surface area contributed by atoms with Gasteiger partial charge >= 0.3 is 0 Å². The Balaban J connectivity index is 1.75. The van der Waals surface area contributed by atoms with E-state index in [-0.39, 0.29) is 18.1 Å². The van der Waals surface area contributed by atoms with Crippen molar-refractivity contribution in [1.82, 2.24) is 15.1 Å². The van der Waals surface area contributed by atoms with Crippen molar-refractivity contribution in [2.45, 2.75) is 6.54 Å². The SMILES string of the molecule is Cn1cc(NC(=O)c2ccccc2I)c(C(=O)NCc2ccco2)n1. The lowest BCUT2D eigenvalue weighted by Crippen LogP contribution is -2.25. The van der Waals surface area contributed by atoms with Gasteiger partial charge in [-0.05, 0) is 46.9 Å². The van der Waals surface area contributed by atoms with Crippen LogP contribution in [0.3, 0.4) is 0 Å². The second-order valence-corrected chi connectivity index (χ2v) is 6.42. The van der Waals surface area contributed by atoms with Gasteiger partial charge in [0.1, 0.15) is 5.76 Å². The molecule has 0 fully saturated rings. The van der Waals surface area contributed by atoms with Crippen molar-refractivity contribution >= 4 is 40.1 Å². The Bertz CT molecular complexity index is 903. The van der Waals surface area contributed by atoms with Gasteiger partial charge in [-0.3, -0.25) is 14.3 Å². The molecule has 128 valence electrons. The molecule has 0 saturated heterocycles. The third-order valence-corrected chi connectivity index (χ3v) is 4.35. The Hall–Kier alpha value is -2.62. The highest BCUT2D eigenvalue weighted by atomic mass is 127. The number of furan rings is 1. The first-order valence-electron chi connectivity index (χ1n) is 7.44. The van der Waals surface area contributed by atoms with Crippen molar-refractivity contribution in [2.24, 2.45) is 7.05 Å². The maximum Gasteiger partial charge on any atom is 0.274 e. The Morgan fingerprint density at radius 3 is 2.72 bits per heavy atom. The van der Waals surface area contributed by atoms with E-state index in [9.17, 15) is 9.59 Å². The summed E-state index contributed by atoms with van der Waals surface area (Å²) >= 11 is 2.09. The molecule has 1 aromatic carbocycles. The summed E-state index contributed by atoms with van der Waals surface area (Å²) in [5.41, 5.74) is 1.03. The molecule has 2 heterocycles. The number of carbonyl (C=O) groups excluding carboxylic acids is 2. The van der Waals surface area contributed by atoms with Crippen molar-refractivity contribution in [3.05, 3.63) is 69.4 Å². The number of hydrogen-bond acceptors (Lipinski definition) is 4. The van der Waals surface area contributed by atoms with Crippen LogP contribution in [-0.4, -0.2) is 21.6 Å². The third kappa shape index (κ3) is 4.08. The Kier molecular flexibility index (Phi) is 5.17. The Morgan fingerprint density at radius 1 is 1.20 bits per heavy atom. The highest BCUT2D eigenvalue weighted by molar-refractivity contribution is 14.1. The quantitative estimate of drug-likeness (QED) is 0.586. The number of hydrogen-bond donors (Lipinski definition) is 2. The summed E-state index contributed by atoms with van der Waals surface area (Å²) in [6.45, 7) is 0.242. The van der Waals surface area contributed by atoms with Crippen molar-refractivity contribution in [3.63, 3.8) is 0 Å². The maximum atomic E-state index is 12.5. The number of anilines is 1. The maximum absolute atomic E-state index is 12.5. The topological polar surface area (TPSA) is 89.2 Å². The molecule has 2 amide bonds. The first-order chi connectivity index (χ1) is 12.0. The molecule has 0 atom stereocenters. The molecule has 3 rings (SSSR count). The van der Waals surface area contributed by atoms with Gasteiger partial charge in [0.2, 0.25) is 0 Å². The molecule has 8 heteroatoms. The summed E-state index contributed by atoms with van der Waals surface area (Å²) in [6.07, 6.45) is 3.13. The van der Waals surface area contributed by atoms with E-state index in [0.29, 0.717) is 17.0 Å². The molecular formula is C17H15IN4O3. The molecule has 0 aliphatic heterocycles. The van der Waals surface area contributed by atoms with Crippen LogP contribution in [0, 0.1) is 3.57 Å². The largest absolute Gasteiger partial charge is 0.467 e. The molecule has 0 aliphatic rings. The van der Waals surface area contributed by atoms with Gasteiger partial charge in [0.25, 0.3) is 11.8 Å². The highest BCUT2D eigenvalue weighted by Crippen LogP contribution is 2.17. The minimum atomic E-state index is -0.393. The molecule has 7 nitrogen and oxygen atoms in total. The van der Waals surface area contributed by atoms with E-state index in [1.54, 1.807) is 37.5 Å². The summed E-state index contributed by atoms with van der Waals surface area (Å²) in [6, 6.07) is 10.7. The van der Waals surface area contributed by atoms with E-state index >= 15 is 0 Å². The lowest BCUT2D eigenvalue weighted by atomic mass is 10.2. The first kappa shape index (κ1) is 17.2. The molecule has 2 N–H and O–H groups in total. The number of halogens is 1. The van der Waals surface area contributed by atoms with Crippen LogP contribution in [0.25, 0.3) is 0 Å². The minimum absolute atomic E-state index is 0.147. The van der Waals surface area contributed by atoms with Gasteiger partial charge in [0.05, 0.1) is 24.1 Å². The summed E-state index contributed by atoms with van der Waals surface area (Å²) in [4.78, 5) is 24.8. The standard InChI is InChI=1S/C17H15IN4O3/c1-22-10-14(20-16(23)12-6-2-3-7-13(12)18)15(21-22)17(24)19-9-11-5-4-8-25-11/h2-8,10H,9H2,1H3,(H,19,24)(H,20,23). The first-order valence-corrected chi connectivity index (χ1v) is 8.52. The molecular weight excluding hydrogens is 435 g/mol. The molecule has 0 unspecified atom stereocenters. The van der Waals surface area contributed by atoms with Gasteiger partial charge in [-0.25, -0.2) is 0 Å². The molecule has 0 bridgehead atoms. The smallest absolute Gasteiger partial charge is 0.274 e. The Labute approximate surface area is 157 Å². The summed E-state index contributed by atoms with van der Waals surface area (Å²) in [5, 5.41) is 9.61. The Morgan fingerprint density at radius 2 is 2.00 bits per heavy atom. The van der Waals surface area contributed by atoms with Gasteiger partial charge in [0.15, 0.2) is 5.69 Å². The number of carbonyl (C=O) groups is 2. The fourth-order valence-corrected chi connectivity index (χ4v) is 2.88. The van der Waals surface area contributed by atoms with Crippen LogP contribution in [0.4, 0.5) is 5.69 Å². The number of aryl methyl sites for hydroxylation is 1. The zero-order valence-corrected chi connectivity index (χ0v) is 15.5. The number of nitrogens with zero attached hydrogens (tertiary/aromatic N) is 2. The van der Waals surface area contributed by atoms with Gasteiger partial charge < -0.3 is 15.1 Å². The van der Waals surface area contributed by atoms with Crippen LogP contribution in [0.5, 0.6) is 0 Å². The normalized spacial score (nSPS) is 10.5. The predicted molar refractivity (Wildman–Crippen MR) is 100 cm³/mol. The van der Waals surface area contributed by atoms with Crippen molar-refractivity contribution in [1.29, 1.82) is 0 Å². The molecule has 0 spiro atoms. The molecule has 25 heavy (non-hydrogen) atoms. The molecule has 3 aromatic rings. The number of nitrogens with one attached hydrogen (secondary N) is 2. The van der Waals surface area contributed by atoms with E-state index < -0.39 is 5.91 Å². The summed E-state index contributed by atoms with van der Waals surface area (Å²) in [7, 11) is 1.69. The zero-order valence-electron chi connectivity index (χ0n) is 13.3. The summed E-state index contributed by atoms with van der Waals surface area (Å²) in [5.74, 6) is -0.0538. The number of amides is 2. The second-order valence-electron chi connectivity index (χ2n) is 5.26. The molecule has 0 aliphatic carbocycles. The molecule has 0 radical (unpaired) electrons. The minimum Gasteiger partial charge on any atom is -0.467 e. The van der Waals surface area contributed by atoms with Crippen molar-refractivity contribution in [2.75, 3.05) is 5.32 Å². The van der Waals surface area contributed by atoms with Gasteiger partial charge in [-0.15, -0.1) is 0 Å². The third-order valence-electron chi connectivity index (χ3n) is 3.41. The molecule has 2 aromatic heterocycles. The van der Waals surface area contributed by atoms with E-state index in [0.717, 1.165) is 3.57 Å². The number of rotatable bonds is 5. The van der Waals surface area contributed by atoms with Gasteiger partial charge in [-0.1, -0.05) is 12.1 Å². The number of aromatic nitrogens is 2. The average Bonchev–Trinajstić information content (AvgIpc) is 3.22. The van der Waals surface area contributed by atoms with Crippen LogP contribution < -0.4 is 10.6 Å². The van der Waals surface area contributed by atoms with E-state index in [1.165, 1.54) is 10.9 Å². The molecule has 0 saturated carbocycles. The van der Waals surface area contributed by atoms with Gasteiger partial charge in [0, 0.05) is 16.8 Å².